The summed E-state index contributed by atoms with van der Waals surface area (Å²) < 4.78 is 7.84. The second kappa shape index (κ2) is 9.50. The van der Waals surface area contributed by atoms with Gasteiger partial charge in [-0.1, -0.05) is 35.8 Å². The van der Waals surface area contributed by atoms with Crippen molar-refractivity contribution < 1.29 is 9.77 Å². The van der Waals surface area contributed by atoms with E-state index in [1.807, 2.05) is 42.5 Å². The molecule has 0 saturated carbocycles. The summed E-state index contributed by atoms with van der Waals surface area (Å²) in [6, 6.07) is 13.6. The fourth-order valence-corrected chi connectivity index (χ4v) is 3.87. The third-order valence-corrected chi connectivity index (χ3v) is 4.26. The van der Waals surface area contributed by atoms with Gasteiger partial charge in [0.25, 0.3) is 5.96 Å². The molecular weight excluding hydrogens is 552 g/mol. The van der Waals surface area contributed by atoms with E-state index < -0.39 is 11.0 Å². The lowest BCUT2D eigenvalue weighted by Crippen LogP contribution is -2.35. The highest BCUT2D eigenvalue weighted by molar-refractivity contribution is 14.1. The van der Waals surface area contributed by atoms with Gasteiger partial charge in [-0.15, -0.1) is 5.10 Å². The van der Waals surface area contributed by atoms with Gasteiger partial charge in [-0.2, -0.15) is 5.10 Å². The summed E-state index contributed by atoms with van der Waals surface area (Å²) in [5, 5.41) is 16.8. The predicted molar refractivity (Wildman–Crippen MR) is 112 cm³/mol. The largest absolute Gasteiger partial charge is 0.487 e. The first-order valence-electron chi connectivity index (χ1n) is 6.89. The molecule has 0 aliphatic heterocycles. The second-order valence-electron chi connectivity index (χ2n) is 4.68. The summed E-state index contributed by atoms with van der Waals surface area (Å²) in [5.41, 5.74) is 8.77. The van der Waals surface area contributed by atoms with Crippen molar-refractivity contribution in [1.29, 1.82) is 0 Å². The van der Waals surface area contributed by atoms with Crippen LogP contribution in [0.4, 0.5) is 0 Å². The molecule has 0 atom stereocenters. The molecule has 0 fully saturated rings. The van der Waals surface area contributed by atoms with Crippen molar-refractivity contribution in [3.8, 4) is 5.75 Å². The topological polar surface area (TPSA) is 115 Å². The molecule has 2 aromatic carbocycles. The van der Waals surface area contributed by atoms with Gasteiger partial charge in [0.05, 0.1) is 9.78 Å². The molecule has 0 heterocycles. The first-order valence-corrected chi connectivity index (χ1v) is 9.05. The highest BCUT2D eigenvalue weighted by Crippen LogP contribution is 2.28. The summed E-state index contributed by atoms with van der Waals surface area (Å²) in [5.74, 6) is 0.248. The molecule has 2 rings (SSSR count). The number of hydrogen-bond donors (Lipinski definition) is 2. The smallest absolute Gasteiger partial charge is 0.275 e. The lowest BCUT2D eigenvalue weighted by atomic mass is 10.2. The molecule has 0 aliphatic carbocycles. The maximum absolute atomic E-state index is 10.3. The maximum Gasteiger partial charge on any atom is 0.275 e. The zero-order valence-corrected chi connectivity index (χ0v) is 17.0. The third kappa shape index (κ3) is 6.45. The molecule has 0 spiro atoms. The van der Waals surface area contributed by atoms with Crippen LogP contribution < -0.4 is 15.9 Å². The van der Waals surface area contributed by atoms with E-state index in [-0.39, 0.29) is 0 Å². The third-order valence-electron chi connectivity index (χ3n) is 2.83. The molecule has 130 valence electrons. The lowest BCUT2D eigenvalue weighted by molar-refractivity contribution is -0.525. The number of nitrogens with zero attached hydrogens (tertiary/aromatic N) is 3. The van der Waals surface area contributed by atoms with Crippen molar-refractivity contribution >= 4 is 57.4 Å². The van der Waals surface area contributed by atoms with E-state index in [0.29, 0.717) is 17.9 Å². The molecule has 0 radical (unpaired) electrons. The van der Waals surface area contributed by atoms with Gasteiger partial charge in [-0.25, -0.2) is 10.1 Å². The van der Waals surface area contributed by atoms with Crippen LogP contribution in [-0.2, 0) is 6.61 Å². The molecule has 0 aliphatic rings. The van der Waals surface area contributed by atoms with Crippen molar-refractivity contribution in [1.82, 2.24) is 5.43 Å². The number of nitro groups is 1. The van der Waals surface area contributed by atoms with Gasteiger partial charge in [-0.3, -0.25) is 0 Å². The Bertz CT molecular complexity index is 812. The van der Waals surface area contributed by atoms with E-state index in [4.69, 9.17) is 10.5 Å². The molecule has 10 heteroatoms. The Morgan fingerprint density at radius 3 is 2.72 bits per heavy atom. The Hall–Kier alpha value is -1.96. The number of ether oxygens (including phenoxy) is 1. The number of nitrogens with two attached hydrogens (primary N) is 1. The number of nitrogens with one attached hydrogen (secondary N) is 1. The molecule has 0 bridgehead atoms. The Kier molecular flexibility index (Phi) is 7.36. The first-order chi connectivity index (χ1) is 12.0. The van der Waals surface area contributed by atoms with Crippen LogP contribution >= 0.6 is 45.2 Å². The number of guanidine groups is 1. The minimum absolute atomic E-state index is 0.409. The van der Waals surface area contributed by atoms with Crippen LogP contribution in [0.3, 0.4) is 0 Å². The van der Waals surface area contributed by atoms with Gasteiger partial charge in [0, 0.05) is 9.13 Å². The average molecular weight is 565 g/mol. The Labute approximate surface area is 170 Å². The van der Waals surface area contributed by atoms with Gasteiger partial charge in [0.2, 0.25) is 0 Å². The van der Waals surface area contributed by atoms with E-state index in [1.54, 1.807) is 5.43 Å². The Morgan fingerprint density at radius 1 is 1.32 bits per heavy atom. The summed E-state index contributed by atoms with van der Waals surface area (Å²) in [6.45, 7) is 0.409. The highest BCUT2D eigenvalue weighted by atomic mass is 127. The van der Waals surface area contributed by atoms with Gasteiger partial charge >= 0.3 is 0 Å². The van der Waals surface area contributed by atoms with Crippen molar-refractivity contribution in [2.24, 2.45) is 15.9 Å². The fraction of sp³-hybridized carbons (Fsp3) is 0.0667. The molecule has 0 saturated heterocycles. The van der Waals surface area contributed by atoms with Gasteiger partial charge < -0.3 is 10.5 Å². The second-order valence-corrected chi connectivity index (χ2v) is 7.09. The molecule has 8 nitrogen and oxygen atoms in total. The number of halogens is 2. The normalized spacial score (nSPS) is 11.5. The quantitative estimate of drug-likeness (QED) is 0.184. The summed E-state index contributed by atoms with van der Waals surface area (Å²) in [7, 11) is 0. The van der Waals surface area contributed by atoms with E-state index in [1.165, 1.54) is 6.21 Å². The lowest BCUT2D eigenvalue weighted by Gasteiger charge is -2.12. The minimum Gasteiger partial charge on any atom is -0.487 e. The van der Waals surface area contributed by atoms with Crippen LogP contribution in [-0.4, -0.2) is 17.2 Å². The Morgan fingerprint density at radius 2 is 2.04 bits per heavy atom. The molecule has 0 unspecified atom stereocenters. The monoisotopic (exact) mass is 565 g/mol. The summed E-state index contributed by atoms with van der Waals surface area (Å²) >= 11 is 4.37. The number of hydrazine groups is 1. The van der Waals surface area contributed by atoms with E-state index in [0.717, 1.165) is 12.7 Å². The van der Waals surface area contributed by atoms with E-state index in [9.17, 15) is 10.1 Å². The van der Waals surface area contributed by atoms with Gasteiger partial charge in [-0.05, 0) is 62.9 Å². The maximum atomic E-state index is 10.3. The van der Waals surface area contributed by atoms with Gasteiger partial charge in [0.15, 0.2) is 5.03 Å². The number of rotatable bonds is 6. The van der Waals surface area contributed by atoms with Crippen molar-refractivity contribution in [3.63, 3.8) is 0 Å². The molecular formula is C15H13I2N5O3. The Balaban J connectivity index is 2.20. The van der Waals surface area contributed by atoms with E-state index >= 15 is 0 Å². The zero-order valence-electron chi connectivity index (χ0n) is 12.7. The van der Waals surface area contributed by atoms with Crippen LogP contribution in [0.5, 0.6) is 5.75 Å². The predicted octanol–water partition coefficient (Wildman–Crippen LogP) is 2.90. The zero-order chi connectivity index (χ0) is 18.2. The van der Waals surface area contributed by atoms with Crippen LogP contribution in [0.25, 0.3) is 0 Å². The summed E-state index contributed by atoms with van der Waals surface area (Å²) in [4.78, 5) is 10.3. The first kappa shape index (κ1) is 19.4. The average Bonchev–Trinajstić information content (AvgIpc) is 2.54. The highest BCUT2D eigenvalue weighted by Gasteiger charge is 2.09. The van der Waals surface area contributed by atoms with Crippen molar-refractivity contribution in [2.45, 2.75) is 6.61 Å². The fourth-order valence-electron chi connectivity index (χ4n) is 1.83. The van der Waals surface area contributed by atoms with Crippen LogP contribution in [0, 0.1) is 17.3 Å². The van der Waals surface area contributed by atoms with Crippen molar-refractivity contribution in [3.05, 3.63) is 70.8 Å². The molecule has 3 N–H and O–H groups in total. The number of hydrogen-bond acceptors (Lipinski definition) is 5. The van der Waals surface area contributed by atoms with E-state index in [2.05, 4.69) is 55.4 Å². The molecule has 25 heavy (non-hydrogen) atoms. The van der Waals surface area contributed by atoms with Crippen LogP contribution in [0.15, 0.2) is 52.7 Å². The summed E-state index contributed by atoms with van der Waals surface area (Å²) in [6.07, 6.45) is 1.44. The molecule has 0 amide bonds. The van der Waals surface area contributed by atoms with Crippen molar-refractivity contribution in [2.75, 3.05) is 0 Å². The van der Waals surface area contributed by atoms with Gasteiger partial charge in [0.1, 0.15) is 12.4 Å². The SMILES string of the molecule is N/C(=N\N=C\c1cc(I)cc(I)c1OCc1ccccc1)N[N+](=O)[O-]. The molecule has 0 aromatic heterocycles. The molecule has 2 aromatic rings. The van der Waals surface area contributed by atoms with Crippen LogP contribution in [0.1, 0.15) is 11.1 Å². The standard InChI is InChI=1S/C15H13I2N5O3/c16-12-6-11(8-19-20-15(18)21-22(23)24)14(13(17)7-12)25-9-10-4-2-1-3-5-10/h1-8H,9H2,(H3,18,20,21)/b19-8+. The minimum atomic E-state index is -0.808. The number of benzene rings is 2. The van der Waals surface area contributed by atoms with Crippen LogP contribution in [0.2, 0.25) is 0 Å².